The van der Waals surface area contributed by atoms with Crippen LogP contribution in [0, 0.1) is 6.92 Å². The fraction of sp³-hybridized carbons (Fsp3) is 0.0625. The summed E-state index contributed by atoms with van der Waals surface area (Å²) in [4.78, 5) is 10.6. The summed E-state index contributed by atoms with van der Waals surface area (Å²) in [7, 11) is 0. The zero-order chi connectivity index (χ0) is 15.4. The summed E-state index contributed by atoms with van der Waals surface area (Å²) in [6.07, 6.45) is 2.50. The number of carbonyl (C=O) groups is 1. The summed E-state index contributed by atoms with van der Waals surface area (Å²) < 4.78 is 5.77. The monoisotopic (exact) mass is 322 g/mol. The molecule has 0 aromatic heterocycles. The zero-order valence-corrected chi connectivity index (χ0v) is 12.7. The molecule has 0 aliphatic rings. The second kappa shape index (κ2) is 6.66. The van der Waals surface area contributed by atoms with Gasteiger partial charge in [0.05, 0.1) is 0 Å². The van der Waals surface area contributed by atoms with Gasteiger partial charge in [0.2, 0.25) is 0 Å². The molecule has 0 atom stereocenters. The average molecular weight is 323 g/mol. The largest absolute Gasteiger partial charge is 0.478 e. The highest BCUT2D eigenvalue weighted by Gasteiger charge is 2.06. The molecule has 0 unspecified atom stereocenters. The van der Waals surface area contributed by atoms with Gasteiger partial charge in [-0.05, 0) is 48.9 Å². The minimum Gasteiger partial charge on any atom is -0.478 e. The Kier molecular flexibility index (Phi) is 4.89. The van der Waals surface area contributed by atoms with Crippen LogP contribution in [0.15, 0.2) is 42.5 Å². The summed E-state index contributed by atoms with van der Waals surface area (Å²) in [5.74, 6) is 0.0455. The molecule has 0 fully saturated rings. The van der Waals surface area contributed by atoms with Crippen molar-refractivity contribution in [3.8, 4) is 11.5 Å². The van der Waals surface area contributed by atoms with Gasteiger partial charge in [-0.2, -0.15) is 0 Å². The normalized spacial score (nSPS) is 10.8. The summed E-state index contributed by atoms with van der Waals surface area (Å²) in [5.41, 5.74) is 1.51. The summed E-state index contributed by atoms with van der Waals surface area (Å²) >= 11 is 11.9. The Morgan fingerprint density at radius 1 is 1.19 bits per heavy atom. The minimum absolute atomic E-state index is 0.474. The van der Waals surface area contributed by atoms with Crippen molar-refractivity contribution >= 4 is 35.2 Å². The lowest BCUT2D eigenvalue weighted by atomic mass is 10.2. The van der Waals surface area contributed by atoms with E-state index < -0.39 is 5.97 Å². The number of hydrogen-bond acceptors (Lipinski definition) is 2. The molecule has 0 saturated carbocycles. The molecular weight excluding hydrogens is 311 g/mol. The van der Waals surface area contributed by atoms with Crippen LogP contribution in [0.1, 0.15) is 11.1 Å². The molecule has 0 spiro atoms. The van der Waals surface area contributed by atoms with E-state index in [4.69, 9.17) is 33.0 Å². The molecule has 2 rings (SSSR count). The van der Waals surface area contributed by atoms with Crippen LogP contribution in [-0.4, -0.2) is 11.1 Å². The fourth-order valence-electron chi connectivity index (χ4n) is 1.70. The van der Waals surface area contributed by atoms with Crippen LogP contribution in [0.4, 0.5) is 0 Å². The van der Waals surface area contributed by atoms with Crippen LogP contribution in [-0.2, 0) is 4.79 Å². The highest BCUT2D eigenvalue weighted by molar-refractivity contribution is 6.31. The molecule has 0 saturated heterocycles. The van der Waals surface area contributed by atoms with Crippen molar-refractivity contribution in [2.24, 2.45) is 0 Å². The van der Waals surface area contributed by atoms with E-state index in [0.717, 1.165) is 11.6 Å². The number of aliphatic carboxylic acids is 1. The van der Waals surface area contributed by atoms with Gasteiger partial charge in [-0.25, -0.2) is 4.79 Å². The van der Waals surface area contributed by atoms with Crippen molar-refractivity contribution in [2.45, 2.75) is 6.92 Å². The van der Waals surface area contributed by atoms with Crippen molar-refractivity contribution in [1.29, 1.82) is 0 Å². The molecule has 0 amide bonds. The molecule has 0 aliphatic heterocycles. The van der Waals surface area contributed by atoms with E-state index >= 15 is 0 Å². The van der Waals surface area contributed by atoms with Gasteiger partial charge in [-0.3, -0.25) is 0 Å². The van der Waals surface area contributed by atoms with Crippen LogP contribution in [0.5, 0.6) is 11.5 Å². The Hall–Kier alpha value is -1.97. The first-order valence-electron chi connectivity index (χ1n) is 6.10. The third-order valence-electron chi connectivity index (χ3n) is 2.74. The topological polar surface area (TPSA) is 46.5 Å². The quantitative estimate of drug-likeness (QED) is 0.787. The van der Waals surface area contributed by atoms with Crippen molar-refractivity contribution in [3.05, 3.63) is 63.6 Å². The van der Waals surface area contributed by atoms with Crippen LogP contribution in [0.3, 0.4) is 0 Å². The Labute approximate surface area is 132 Å². The van der Waals surface area contributed by atoms with Gasteiger partial charge in [0.15, 0.2) is 0 Å². The second-order valence-electron chi connectivity index (χ2n) is 4.37. The number of ether oxygens (including phenoxy) is 1. The molecule has 0 radical (unpaired) electrons. The molecule has 1 N–H and O–H groups in total. The average Bonchev–Trinajstić information content (AvgIpc) is 2.42. The van der Waals surface area contributed by atoms with Gasteiger partial charge in [0.25, 0.3) is 0 Å². The lowest BCUT2D eigenvalue weighted by molar-refractivity contribution is -0.131. The van der Waals surface area contributed by atoms with Gasteiger partial charge in [-0.15, -0.1) is 0 Å². The van der Waals surface area contributed by atoms with Crippen LogP contribution < -0.4 is 4.74 Å². The maximum Gasteiger partial charge on any atom is 0.328 e. The van der Waals surface area contributed by atoms with E-state index in [2.05, 4.69) is 0 Å². The third-order valence-corrected chi connectivity index (χ3v) is 3.40. The first kappa shape index (κ1) is 15.4. The predicted molar refractivity (Wildman–Crippen MR) is 84.4 cm³/mol. The molecule has 21 heavy (non-hydrogen) atoms. The molecule has 3 nitrogen and oxygen atoms in total. The lowest BCUT2D eigenvalue weighted by Gasteiger charge is -2.10. The molecule has 108 valence electrons. The Morgan fingerprint density at radius 2 is 1.95 bits per heavy atom. The fourth-order valence-corrected chi connectivity index (χ4v) is 1.98. The second-order valence-corrected chi connectivity index (χ2v) is 5.21. The first-order chi connectivity index (χ1) is 9.95. The van der Waals surface area contributed by atoms with Crippen LogP contribution in [0.25, 0.3) is 6.08 Å². The van der Waals surface area contributed by atoms with E-state index in [9.17, 15) is 4.79 Å². The molecule has 0 bridgehead atoms. The van der Waals surface area contributed by atoms with Gasteiger partial charge in [0.1, 0.15) is 11.5 Å². The number of benzene rings is 2. The van der Waals surface area contributed by atoms with Gasteiger partial charge >= 0.3 is 5.97 Å². The zero-order valence-electron chi connectivity index (χ0n) is 11.1. The van der Waals surface area contributed by atoms with E-state index in [1.165, 1.54) is 6.08 Å². The number of carboxylic acid groups (broad SMARTS) is 1. The number of halogens is 2. The SMILES string of the molecule is Cc1cc(Oc2cc(Cl)ccc2/C=C/C(=O)O)ccc1Cl. The number of aryl methyl sites for hydroxylation is 1. The molecule has 2 aromatic carbocycles. The van der Waals surface area contributed by atoms with Crippen LogP contribution in [0.2, 0.25) is 10.0 Å². The maximum atomic E-state index is 10.6. The summed E-state index contributed by atoms with van der Waals surface area (Å²) in [6.45, 7) is 1.87. The van der Waals surface area contributed by atoms with E-state index in [1.807, 2.05) is 6.92 Å². The number of rotatable bonds is 4. The standard InChI is InChI=1S/C16H12Cl2O3/c1-10-8-13(5-6-14(10)18)21-15-9-12(17)4-2-11(15)3-7-16(19)20/h2-9H,1H3,(H,19,20)/b7-3+. The van der Waals surface area contributed by atoms with E-state index in [0.29, 0.717) is 27.1 Å². The molecule has 2 aromatic rings. The Morgan fingerprint density at radius 3 is 2.62 bits per heavy atom. The van der Waals surface area contributed by atoms with Gasteiger partial charge in [-0.1, -0.05) is 23.2 Å². The van der Waals surface area contributed by atoms with Crippen molar-refractivity contribution in [2.75, 3.05) is 0 Å². The molecule has 0 aliphatic carbocycles. The number of hydrogen-bond donors (Lipinski definition) is 1. The van der Waals surface area contributed by atoms with Gasteiger partial charge < -0.3 is 9.84 Å². The Balaban J connectivity index is 2.35. The van der Waals surface area contributed by atoms with Crippen molar-refractivity contribution in [3.63, 3.8) is 0 Å². The lowest BCUT2D eigenvalue weighted by Crippen LogP contribution is -1.90. The first-order valence-corrected chi connectivity index (χ1v) is 6.86. The smallest absolute Gasteiger partial charge is 0.328 e. The summed E-state index contributed by atoms with van der Waals surface area (Å²) in [6, 6.07) is 10.3. The minimum atomic E-state index is -1.03. The van der Waals surface area contributed by atoms with E-state index in [1.54, 1.807) is 36.4 Å². The third kappa shape index (κ3) is 4.25. The summed E-state index contributed by atoms with van der Waals surface area (Å²) in [5, 5.41) is 9.86. The molecular formula is C16H12Cl2O3. The molecule has 0 heterocycles. The highest BCUT2D eigenvalue weighted by atomic mass is 35.5. The van der Waals surface area contributed by atoms with Crippen LogP contribution >= 0.6 is 23.2 Å². The molecule has 5 heteroatoms. The Bertz CT molecular complexity index is 709. The highest BCUT2D eigenvalue weighted by Crippen LogP contribution is 2.31. The predicted octanol–water partition coefficient (Wildman–Crippen LogP) is 5.19. The van der Waals surface area contributed by atoms with Gasteiger partial charge in [0, 0.05) is 27.8 Å². The maximum absolute atomic E-state index is 10.6. The number of carboxylic acids is 1. The van der Waals surface area contributed by atoms with Crippen molar-refractivity contribution < 1.29 is 14.6 Å². The van der Waals surface area contributed by atoms with Crippen molar-refractivity contribution in [1.82, 2.24) is 0 Å². The van der Waals surface area contributed by atoms with E-state index in [-0.39, 0.29) is 0 Å².